The highest BCUT2D eigenvalue weighted by molar-refractivity contribution is 5.80. The van der Waals surface area contributed by atoms with E-state index in [0.717, 1.165) is 41.2 Å². The molecule has 1 unspecified atom stereocenters. The Bertz CT molecular complexity index is 819. The summed E-state index contributed by atoms with van der Waals surface area (Å²) < 4.78 is 1.72. The second-order valence-corrected chi connectivity index (χ2v) is 7.63. The molecule has 1 fully saturated rings. The van der Waals surface area contributed by atoms with Gasteiger partial charge in [-0.2, -0.15) is 5.10 Å². The number of amides is 1. The predicted molar refractivity (Wildman–Crippen MR) is 100 cm³/mol. The Balaban J connectivity index is 1.83. The van der Waals surface area contributed by atoms with Gasteiger partial charge in [-0.1, -0.05) is 0 Å². The molecular formula is C19H28N6O. The van der Waals surface area contributed by atoms with Crippen LogP contribution in [0.3, 0.4) is 0 Å². The lowest BCUT2D eigenvalue weighted by atomic mass is 9.95. The van der Waals surface area contributed by atoms with Crippen molar-refractivity contribution < 1.29 is 4.79 Å². The van der Waals surface area contributed by atoms with Crippen LogP contribution in [-0.2, 0) is 11.2 Å². The van der Waals surface area contributed by atoms with E-state index in [2.05, 4.69) is 20.4 Å². The Morgan fingerprint density at radius 2 is 1.88 bits per heavy atom. The lowest BCUT2D eigenvalue weighted by Gasteiger charge is -2.29. The van der Waals surface area contributed by atoms with Crippen LogP contribution >= 0.6 is 0 Å². The van der Waals surface area contributed by atoms with Crippen LogP contribution in [0.5, 0.6) is 0 Å². The number of carbonyl (C=O) groups is 1. The summed E-state index contributed by atoms with van der Waals surface area (Å²) in [5.74, 6) is 1.02. The number of hydrogen-bond donors (Lipinski definition) is 2. The van der Waals surface area contributed by atoms with Gasteiger partial charge in [-0.05, 0) is 59.4 Å². The van der Waals surface area contributed by atoms with Crippen molar-refractivity contribution in [3.05, 3.63) is 34.4 Å². The van der Waals surface area contributed by atoms with Gasteiger partial charge in [-0.3, -0.25) is 4.79 Å². The van der Waals surface area contributed by atoms with E-state index in [-0.39, 0.29) is 17.9 Å². The molecule has 3 rings (SSSR count). The maximum atomic E-state index is 12.6. The molecule has 2 heterocycles. The summed E-state index contributed by atoms with van der Waals surface area (Å²) in [6.45, 7) is 10.2. The van der Waals surface area contributed by atoms with Crippen molar-refractivity contribution in [2.45, 2.75) is 59.4 Å². The van der Waals surface area contributed by atoms with Crippen LogP contribution in [0.2, 0.25) is 0 Å². The number of aromatic nitrogens is 4. The van der Waals surface area contributed by atoms with Gasteiger partial charge in [0.15, 0.2) is 0 Å². The van der Waals surface area contributed by atoms with Gasteiger partial charge >= 0.3 is 0 Å². The summed E-state index contributed by atoms with van der Waals surface area (Å²) >= 11 is 0. The Labute approximate surface area is 154 Å². The molecule has 2 aromatic rings. The number of hydrogen-bond acceptors (Lipinski definition) is 5. The van der Waals surface area contributed by atoms with Crippen LogP contribution in [0, 0.1) is 33.6 Å². The van der Waals surface area contributed by atoms with Crippen LogP contribution in [-0.4, -0.2) is 37.7 Å². The molecule has 0 bridgehead atoms. The summed E-state index contributed by atoms with van der Waals surface area (Å²) in [5.41, 5.74) is 10.0. The summed E-state index contributed by atoms with van der Waals surface area (Å²) in [6, 6.07) is 1.93. The van der Waals surface area contributed by atoms with Gasteiger partial charge in [-0.25, -0.2) is 14.6 Å². The van der Waals surface area contributed by atoms with Gasteiger partial charge in [0.1, 0.15) is 0 Å². The number of rotatable bonds is 6. The first-order chi connectivity index (χ1) is 12.2. The van der Waals surface area contributed by atoms with E-state index >= 15 is 0 Å². The lowest BCUT2D eigenvalue weighted by Crippen LogP contribution is -2.53. The molecule has 1 amide bonds. The molecule has 0 aliphatic heterocycles. The topological polar surface area (TPSA) is 98.7 Å². The Hall–Kier alpha value is -2.28. The van der Waals surface area contributed by atoms with Crippen molar-refractivity contribution in [3.8, 4) is 5.95 Å². The number of aryl methyl sites for hydroxylation is 3. The zero-order chi connectivity index (χ0) is 19.1. The van der Waals surface area contributed by atoms with E-state index < -0.39 is 0 Å². The molecule has 0 aromatic carbocycles. The summed E-state index contributed by atoms with van der Waals surface area (Å²) in [5, 5.41) is 7.71. The lowest BCUT2D eigenvalue weighted by molar-refractivity contribution is -0.122. The number of carbonyl (C=O) groups excluding carboxylic acids is 1. The fourth-order valence-corrected chi connectivity index (χ4v) is 3.49. The SMILES string of the molecule is Cc1cc(C)nc(-n2nc(C)c(CC(=O)NC(C)(CN)C3CC3)c2C)n1. The molecule has 1 aliphatic carbocycles. The molecule has 0 spiro atoms. The third-order valence-electron chi connectivity index (χ3n) is 5.27. The van der Waals surface area contributed by atoms with Crippen LogP contribution in [0.1, 0.15) is 48.1 Å². The second kappa shape index (κ2) is 6.79. The van der Waals surface area contributed by atoms with Gasteiger partial charge in [0.2, 0.25) is 5.91 Å². The minimum atomic E-state index is -0.314. The van der Waals surface area contributed by atoms with Crippen molar-refractivity contribution in [1.29, 1.82) is 0 Å². The molecule has 1 aliphatic rings. The van der Waals surface area contributed by atoms with Crippen molar-refractivity contribution in [2.24, 2.45) is 11.7 Å². The third-order valence-corrected chi connectivity index (χ3v) is 5.27. The normalized spacial score (nSPS) is 16.4. The van der Waals surface area contributed by atoms with Crippen LogP contribution < -0.4 is 11.1 Å². The minimum absolute atomic E-state index is 0.0167. The largest absolute Gasteiger partial charge is 0.349 e. The van der Waals surface area contributed by atoms with Crippen molar-refractivity contribution in [3.63, 3.8) is 0 Å². The van der Waals surface area contributed by atoms with E-state index in [0.29, 0.717) is 18.4 Å². The first-order valence-corrected chi connectivity index (χ1v) is 9.12. The van der Waals surface area contributed by atoms with Crippen LogP contribution in [0.15, 0.2) is 6.07 Å². The Morgan fingerprint density at radius 3 is 2.42 bits per heavy atom. The molecule has 140 valence electrons. The maximum absolute atomic E-state index is 12.6. The molecular weight excluding hydrogens is 328 g/mol. The quantitative estimate of drug-likeness (QED) is 0.820. The highest BCUT2D eigenvalue weighted by Gasteiger charge is 2.41. The number of nitrogens with one attached hydrogen (secondary N) is 1. The van der Waals surface area contributed by atoms with E-state index in [1.165, 1.54) is 0 Å². The second-order valence-electron chi connectivity index (χ2n) is 7.63. The fourth-order valence-electron chi connectivity index (χ4n) is 3.49. The molecule has 1 saturated carbocycles. The van der Waals surface area contributed by atoms with Gasteiger partial charge in [0, 0.05) is 29.2 Å². The fraction of sp³-hybridized carbons (Fsp3) is 0.579. The first-order valence-electron chi connectivity index (χ1n) is 9.12. The van der Waals surface area contributed by atoms with Crippen LogP contribution in [0.25, 0.3) is 5.95 Å². The third kappa shape index (κ3) is 3.62. The number of nitrogens with zero attached hydrogens (tertiary/aromatic N) is 4. The minimum Gasteiger partial charge on any atom is -0.349 e. The predicted octanol–water partition coefficient (Wildman–Crippen LogP) is 1.68. The highest BCUT2D eigenvalue weighted by atomic mass is 16.1. The first kappa shape index (κ1) is 18.5. The Kier molecular flexibility index (Phi) is 4.84. The molecule has 7 nitrogen and oxygen atoms in total. The molecule has 1 atom stereocenters. The van der Waals surface area contributed by atoms with E-state index in [1.54, 1.807) is 4.68 Å². The molecule has 0 radical (unpaired) electrons. The highest BCUT2D eigenvalue weighted by Crippen LogP contribution is 2.39. The number of nitrogens with two attached hydrogens (primary N) is 1. The van der Waals surface area contributed by atoms with Crippen molar-refractivity contribution in [2.75, 3.05) is 6.54 Å². The smallest absolute Gasteiger partial charge is 0.251 e. The van der Waals surface area contributed by atoms with Gasteiger partial charge in [-0.15, -0.1) is 0 Å². The molecule has 3 N–H and O–H groups in total. The average Bonchev–Trinajstić information content (AvgIpc) is 3.37. The summed E-state index contributed by atoms with van der Waals surface area (Å²) in [6.07, 6.45) is 2.55. The van der Waals surface area contributed by atoms with Gasteiger partial charge in [0.05, 0.1) is 17.7 Å². The van der Waals surface area contributed by atoms with Crippen LogP contribution in [0.4, 0.5) is 0 Å². The monoisotopic (exact) mass is 356 g/mol. The van der Waals surface area contributed by atoms with Gasteiger partial charge < -0.3 is 11.1 Å². The molecule has 0 saturated heterocycles. The molecule has 2 aromatic heterocycles. The van der Waals surface area contributed by atoms with E-state index in [9.17, 15) is 4.79 Å². The van der Waals surface area contributed by atoms with Crippen molar-refractivity contribution >= 4 is 5.91 Å². The Morgan fingerprint density at radius 1 is 1.27 bits per heavy atom. The molecule has 7 heteroatoms. The molecule has 26 heavy (non-hydrogen) atoms. The maximum Gasteiger partial charge on any atom is 0.251 e. The summed E-state index contributed by atoms with van der Waals surface area (Å²) in [7, 11) is 0. The van der Waals surface area contributed by atoms with E-state index in [4.69, 9.17) is 5.73 Å². The zero-order valence-corrected chi connectivity index (χ0v) is 16.3. The standard InChI is InChI=1S/C19H28N6O/c1-11-8-12(2)22-18(21-11)25-14(4)16(13(3)24-25)9-17(26)23-19(5,10-20)15-6-7-15/h8,15H,6-7,9-10,20H2,1-5H3,(H,23,26). The summed E-state index contributed by atoms with van der Waals surface area (Å²) in [4.78, 5) is 21.6. The zero-order valence-electron chi connectivity index (χ0n) is 16.3. The average molecular weight is 356 g/mol. The van der Waals surface area contributed by atoms with Gasteiger partial charge in [0.25, 0.3) is 5.95 Å². The van der Waals surface area contributed by atoms with E-state index in [1.807, 2.05) is 40.7 Å². The van der Waals surface area contributed by atoms with Crippen molar-refractivity contribution in [1.82, 2.24) is 25.1 Å².